The Kier molecular flexibility index (Phi) is 5.71. The molecule has 1 saturated heterocycles. The average molecular weight is 476 g/mol. The maximum Gasteiger partial charge on any atom is 0.417 e. The monoisotopic (exact) mass is 475 g/mol. The van der Waals surface area contributed by atoms with Crippen molar-refractivity contribution in [2.24, 2.45) is 0 Å². The number of aryl methyl sites for hydroxylation is 1. The van der Waals surface area contributed by atoms with Crippen LogP contribution in [-0.4, -0.2) is 16.4 Å². The molecule has 1 fully saturated rings. The van der Waals surface area contributed by atoms with Crippen LogP contribution in [0.2, 0.25) is 0 Å². The SMILES string of the molecule is Cc1cc2c(cc1-c1ccc(CC3SC(=O)NC3=O)cc1C(F)(F)F)C(C)(C)CCC2(C)C. The Hall–Kier alpha value is -2.28. The lowest BCUT2D eigenvalue weighted by Gasteiger charge is -2.42. The molecule has 7 heteroatoms. The van der Waals surface area contributed by atoms with Crippen LogP contribution in [0, 0.1) is 6.92 Å². The number of fused-ring (bicyclic) bond motifs is 1. The number of alkyl halides is 3. The molecule has 1 aliphatic carbocycles. The number of benzene rings is 2. The number of rotatable bonds is 3. The summed E-state index contributed by atoms with van der Waals surface area (Å²) in [5, 5.41) is 1.01. The van der Waals surface area contributed by atoms with Gasteiger partial charge in [-0.1, -0.05) is 63.7 Å². The van der Waals surface area contributed by atoms with Crippen LogP contribution < -0.4 is 5.32 Å². The van der Waals surface area contributed by atoms with E-state index in [9.17, 15) is 22.8 Å². The molecule has 0 radical (unpaired) electrons. The standard InChI is InChI=1S/C26H28F3NO2S/c1-14-10-19-20(25(4,5)9-8-24(19,2)3)13-17(14)16-7-6-15(11-18(16)26(27,28)29)12-21-22(31)30-23(32)33-21/h6-7,10-11,13,21H,8-9,12H2,1-5H3,(H,30,31,32). The van der Waals surface area contributed by atoms with Gasteiger partial charge in [0.1, 0.15) is 0 Å². The molecule has 1 atom stereocenters. The second kappa shape index (κ2) is 7.90. The van der Waals surface area contributed by atoms with E-state index in [1.54, 1.807) is 6.07 Å². The largest absolute Gasteiger partial charge is 0.417 e. The Bertz CT molecular complexity index is 1150. The van der Waals surface area contributed by atoms with E-state index in [-0.39, 0.29) is 22.8 Å². The van der Waals surface area contributed by atoms with Gasteiger partial charge in [-0.05, 0) is 76.5 Å². The van der Waals surface area contributed by atoms with Crippen molar-refractivity contribution in [3.8, 4) is 11.1 Å². The molecule has 0 bridgehead atoms. The van der Waals surface area contributed by atoms with Crippen molar-refractivity contribution in [1.29, 1.82) is 0 Å². The first kappa shape index (κ1) is 23.9. The summed E-state index contributed by atoms with van der Waals surface area (Å²) in [6, 6.07) is 8.28. The van der Waals surface area contributed by atoms with E-state index < -0.39 is 28.1 Å². The highest BCUT2D eigenvalue weighted by molar-refractivity contribution is 8.15. The molecular weight excluding hydrogens is 447 g/mol. The second-order valence-corrected chi connectivity index (χ2v) is 11.6. The number of nitrogens with one attached hydrogen (secondary N) is 1. The maximum absolute atomic E-state index is 14.2. The van der Waals surface area contributed by atoms with Gasteiger partial charge in [-0.3, -0.25) is 14.9 Å². The van der Waals surface area contributed by atoms with Gasteiger partial charge in [-0.2, -0.15) is 13.2 Å². The van der Waals surface area contributed by atoms with Gasteiger partial charge in [0, 0.05) is 0 Å². The molecule has 1 N–H and O–H groups in total. The van der Waals surface area contributed by atoms with Gasteiger partial charge in [0.15, 0.2) is 0 Å². The smallest absolute Gasteiger partial charge is 0.286 e. The molecule has 33 heavy (non-hydrogen) atoms. The third kappa shape index (κ3) is 4.44. The van der Waals surface area contributed by atoms with E-state index in [4.69, 9.17) is 0 Å². The van der Waals surface area contributed by atoms with Gasteiger partial charge in [0.25, 0.3) is 5.24 Å². The second-order valence-electron chi connectivity index (χ2n) is 10.4. The predicted molar refractivity (Wildman–Crippen MR) is 126 cm³/mol. The van der Waals surface area contributed by atoms with Crippen LogP contribution in [0.5, 0.6) is 0 Å². The fourth-order valence-corrected chi connectivity index (χ4v) is 5.80. The molecule has 0 spiro atoms. The van der Waals surface area contributed by atoms with Crippen LogP contribution in [0.15, 0.2) is 30.3 Å². The summed E-state index contributed by atoms with van der Waals surface area (Å²) < 4.78 is 42.5. The molecule has 1 unspecified atom stereocenters. The van der Waals surface area contributed by atoms with E-state index in [0.717, 1.165) is 41.8 Å². The quantitative estimate of drug-likeness (QED) is 0.524. The Morgan fingerprint density at radius 1 is 0.970 bits per heavy atom. The molecule has 176 valence electrons. The number of imide groups is 1. The lowest BCUT2D eigenvalue weighted by molar-refractivity contribution is -0.137. The van der Waals surface area contributed by atoms with Crippen molar-refractivity contribution in [3.05, 3.63) is 58.1 Å². The van der Waals surface area contributed by atoms with Crippen LogP contribution in [0.4, 0.5) is 18.0 Å². The van der Waals surface area contributed by atoms with Crippen LogP contribution in [0.1, 0.15) is 68.4 Å². The van der Waals surface area contributed by atoms with Crippen molar-refractivity contribution in [2.45, 2.75) is 76.1 Å². The predicted octanol–water partition coefficient (Wildman–Crippen LogP) is 6.92. The number of thioether (sulfide) groups is 1. The molecule has 1 aliphatic heterocycles. The topological polar surface area (TPSA) is 46.2 Å². The third-order valence-electron chi connectivity index (χ3n) is 7.07. The summed E-state index contributed by atoms with van der Waals surface area (Å²) in [6.07, 6.45) is -2.48. The highest BCUT2D eigenvalue weighted by Gasteiger charge is 2.39. The van der Waals surface area contributed by atoms with Gasteiger partial charge >= 0.3 is 6.18 Å². The van der Waals surface area contributed by atoms with Crippen molar-refractivity contribution in [2.75, 3.05) is 0 Å². The Balaban J connectivity index is 1.82. The first-order chi connectivity index (χ1) is 15.2. The summed E-state index contributed by atoms with van der Waals surface area (Å²) >= 11 is 0.819. The molecule has 1 heterocycles. The fourth-order valence-electron chi connectivity index (χ4n) is 4.94. The first-order valence-electron chi connectivity index (χ1n) is 11.1. The van der Waals surface area contributed by atoms with Gasteiger partial charge in [0.05, 0.1) is 10.8 Å². The Labute approximate surface area is 196 Å². The normalized spacial score (nSPS) is 21.6. The van der Waals surface area contributed by atoms with Gasteiger partial charge < -0.3 is 0 Å². The Morgan fingerprint density at radius 3 is 2.12 bits per heavy atom. The molecule has 0 saturated carbocycles. The summed E-state index contributed by atoms with van der Waals surface area (Å²) in [4.78, 5) is 23.3. The van der Waals surface area contributed by atoms with E-state index in [1.165, 1.54) is 11.6 Å². The van der Waals surface area contributed by atoms with E-state index in [2.05, 4.69) is 39.1 Å². The Morgan fingerprint density at radius 2 is 1.58 bits per heavy atom. The highest BCUT2D eigenvalue weighted by atomic mass is 32.2. The zero-order chi connectivity index (χ0) is 24.3. The van der Waals surface area contributed by atoms with Crippen molar-refractivity contribution in [1.82, 2.24) is 5.32 Å². The lowest BCUT2D eigenvalue weighted by atomic mass is 9.62. The zero-order valence-corrected chi connectivity index (χ0v) is 20.3. The molecule has 2 aromatic rings. The number of amides is 2. The molecule has 4 rings (SSSR count). The summed E-state index contributed by atoms with van der Waals surface area (Å²) in [5.74, 6) is -0.460. The summed E-state index contributed by atoms with van der Waals surface area (Å²) in [7, 11) is 0. The van der Waals surface area contributed by atoms with Crippen LogP contribution >= 0.6 is 11.8 Å². The molecule has 3 nitrogen and oxygen atoms in total. The maximum atomic E-state index is 14.2. The van der Waals surface area contributed by atoms with E-state index >= 15 is 0 Å². The molecule has 2 aliphatic rings. The van der Waals surface area contributed by atoms with E-state index in [1.807, 2.05) is 13.0 Å². The molecular formula is C26H28F3NO2S. The lowest BCUT2D eigenvalue weighted by Crippen LogP contribution is -2.34. The van der Waals surface area contributed by atoms with E-state index in [0.29, 0.717) is 11.1 Å². The number of hydrogen-bond acceptors (Lipinski definition) is 3. The summed E-state index contributed by atoms with van der Waals surface area (Å²) in [6.45, 7) is 10.6. The number of carbonyl (C=O) groups excluding carboxylic acids is 2. The van der Waals surface area contributed by atoms with Gasteiger partial charge in [-0.25, -0.2) is 0 Å². The van der Waals surface area contributed by atoms with Crippen molar-refractivity contribution >= 4 is 22.9 Å². The van der Waals surface area contributed by atoms with Crippen LogP contribution in [0.3, 0.4) is 0 Å². The van der Waals surface area contributed by atoms with Crippen molar-refractivity contribution in [3.63, 3.8) is 0 Å². The minimum Gasteiger partial charge on any atom is -0.286 e. The van der Waals surface area contributed by atoms with Gasteiger partial charge in [-0.15, -0.1) is 0 Å². The number of hydrogen-bond donors (Lipinski definition) is 1. The minimum atomic E-state index is -4.55. The van der Waals surface area contributed by atoms with Crippen LogP contribution in [0.25, 0.3) is 11.1 Å². The number of carbonyl (C=O) groups is 2. The molecule has 0 aromatic heterocycles. The first-order valence-corrected chi connectivity index (χ1v) is 11.9. The average Bonchev–Trinajstić information content (AvgIpc) is 3.01. The fraction of sp³-hybridized carbons (Fsp3) is 0.462. The summed E-state index contributed by atoms with van der Waals surface area (Å²) in [5.41, 5.74) is 3.37. The van der Waals surface area contributed by atoms with Gasteiger partial charge in [0.2, 0.25) is 5.91 Å². The molecule has 2 amide bonds. The van der Waals surface area contributed by atoms with Crippen LogP contribution in [-0.2, 0) is 28.2 Å². The minimum absolute atomic E-state index is 0.0260. The highest BCUT2D eigenvalue weighted by Crippen LogP contribution is 2.48. The zero-order valence-electron chi connectivity index (χ0n) is 19.4. The molecule has 2 aromatic carbocycles. The van der Waals surface area contributed by atoms with Crippen molar-refractivity contribution < 1.29 is 22.8 Å². The third-order valence-corrected chi connectivity index (χ3v) is 8.05. The number of halogens is 3.